The van der Waals surface area contributed by atoms with Gasteiger partial charge in [-0.2, -0.15) is 9.78 Å². The molecule has 2 aromatic heterocycles. The van der Waals surface area contributed by atoms with Gasteiger partial charge in [-0.3, -0.25) is 9.59 Å². The lowest BCUT2D eigenvalue weighted by molar-refractivity contribution is 0.102. The smallest absolute Gasteiger partial charge is 0.276 e. The lowest BCUT2D eigenvalue weighted by Crippen LogP contribution is -2.30. The van der Waals surface area contributed by atoms with Gasteiger partial charge in [-0.25, -0.2) is 13.8 Å². The Balaban J connectivity index is 1.57. The average molecular weight is 522 g/mol. The molecular formula is C27H29F2N7O2. The first-order chi connectivity index (χ1) is 18.2. The van der Waals surface area contributed by atoms with E-state index in [0.29, 0.717) is 16.4 Å². The van der Waals surface area contributed by atoms with E-state index in [-0.39, 0.29) is 11.6 Å². The predicted octanol–water partition coefficient (Wildman–Crippen LogP) is 3.57. The zero-order valence-corrected chi connectivity index (χ0v) is 21.6. The van der Waals surface area contributed by atoms with Crippen molar-refractivity contribution in [3.8, 4) is 5.69 Å². The number of carbonyl (C=O) groups excluding carboxylic acids is 1. The molecule has 2 N–H and O–H groups in total. The maximum Gasteiger partial charge on any atom is 0.276 e. The molecule has 0 saturated carbocycles. The van der Waals surface area contributed by atoms with Gasteiger partial charge in [0.1, 0.15) is 22.7 Å². The zero-order chi connectivity index (χ0) is 27.1. The Morgan fingerprint density at radius 2 is 1.82 bits per heavy atom. The van der Waals surface area contributed by atoms with Crippen molar-refractivity contribution < 1.29 is 13.6 Å². The van der Waals surface area contributed by atoms with Gasteiger partial charge in [0.15, 0.2) is 11.6 Å². The van der Waals surface area contributed by atoms with Crippen LogP contribution in [0, 0.1) is 11.6 Å². The minimum absolute atomic E-state index is 0.170. The fourth-order valence-corrected chi connectivity index (χ4v) is 4.97. The van der Waals surface area contributed by atoms with Gasteiger partial charge < -0.3 is 20.1 Å². The molecular weight excluding hydrogens is 492 g/mol. The van der Waals surface area contributed by atoms with Crippen molar-refractivity contribution in [3.63, 3.8) is 0 Å². The molecule has 5 rings (SSSR count). The monoisotopic (exact) mass is 521 g/mol. The third-order valence-corrected chi connectivity index (χ3v) is 6.92. The predicted molar refractivity (Wildman–Crippen MR) is 142 cm³/mol. The fraction of sp³-hybridized carbons (Fsp3) is 0.333. The van der Waals surface area contributed by atoms with Crippen LogP contribution in [0.25, 0.3) is 16.7 Å². The number of fused-ring (bicyclic) bond motifs is 1. The van der Waals surface area contributed by atoms with Gasteiger partial charge in [0, 0.05) is 38.2 Å². The minimum atomic E-state index is -0.964. The number of para-hydroxylation sites is 1. The van der Waals surface area contributed by atoms with Gasteiger partial charge in [-0.05, 0) is 43.8 Å². The standard InChI is InChI=1S/C27H29F2N7O2/c1-15(2)26-32-23-21(34(26)4)10-8-19(25(23)35-13-12-16(14-35)30-3)31-27(38)20-9-11-22(37)36(33-20)24-17(28)6-5-7-18(24)29/h5-11,15-16,30H,12-14H2,1-4H3,(H,31,38)/t16-/m1/s1. The highest BCUT2D eigenvalue weighted by Gasteiger charge is 2.28. The number of nitrogens with zero attached hydrogens (tertiary/aromatic N) is 5. The van der Waals surface area contributed by atoms with Gasteiger partial charge in [0.2, 0.25) is 0 Å². The van der Waals surface area contributed by atoms with Crippen LogP contribution in [-0.4, -0.2) is 51.4 Å². The molecule has 1 aliphatic heterocycles. The van der Waals surface area contributed by atoms with Crippen molar-refractivity contribution in [1.82, 2.24) is 24.6 Å². The van der Waals surface area contributed by atoms with E-state index in [4.69, 9.17) is 4.98 Å². The number of aromatic nitrogens is 4. The number of nitrogens with one attached hydrogen (secondary N) is 2. The van der Waals surface area contributed by atoms with Crippen molar-refractivity contribution in [3.05, 3.63) is 76.0 Å². The van der Waals surface area contributed by atoms with E-state index >= 15 is 0 Å². The molecule has 0 bridgehead atoms. The molecule has 0 aliphatic carbocycles. The van der Waals surface area contributed by atoms with Crippen LogP contribution in [0.4, 0.5) is 20.2 Å². The zero-order valence-electron chi connectivity index (χ0n) is 21.6. The third kappa shape index (κ3) is 4.43. The molecule has 1 amide bonds. The maximum absolute atomic E-state index is 14.4. The minimum Gasteiger partial charge on any atom is -0.366 e. The number of imidazole rings is 1. The first kappa shape index (κ1) is 25.5. The molecule has 1 atom stereocenters. The van der Waals surface area contributed by atoms with E-state index in [1.807, 2.05) is 26.2 Å². The Labute approximate surface area is 218 Å². The first-order valence-electron chi connectivity index (χ1n) is 12.5. The molecule has 9 nitrogen and oxygen atoms in total. The molecule has 1 aliphatic rings. The second kappa shape index (κ2) is 9.97. The van der Waals surface area contributed by atoms with E-state index in [9.17, 15) is 18.4 Å². The number of anilines is 2. The molecule has 11 heteroatoms. The number of benzene rings is 2. The number of carbonyl (C=O) groups is 1. The summed E-state index contributed by atoms with van der Waals surface area (Å²) >= 11 is 0. The number of hydrogen-bond acceptors (Lipinski definition) is 6. The largest absolute Gasteiger partial charge is 0.366 e. The van der Waals surface area contributed by atoms with Crippen LogP contribution in [0.5, 0.6) is 0 Å². The number of amides is 1. The fourth-order valence-electron chi connectivity index (χ4n) is 4.97. The van der Waals surface area contributed by atoms with Gasteiger partial charge in [0.25, 0.3) is 11.5 Å². The Bertz CT molecular complexity index is 1570. The molecule has 198 valence electrons. The maximum atomic E-state index is 14.4. The van der Waals surface area contributed by atoms with Crippen LogP contribution < -0.4 is 21.1 Å². The van der Waals surface area contributed by atoms with Crippen LogP contribution in [0.2, 0.25) is 0 Å². The van der Waals surface area contributed by atoms with Crippen LogP contribution in [0.15, 0.2) is 47.3 Å². The van der Waals surface area contributed by atoms with Crippen molar-refractivity contribution in [2.75, 3.05) is 30.4 Å². The molecule has 0 unspecified atom stereocenters. The van der Waals surface area contributed by atoms with Gasteiger partial charge in [-0.15, -0.1) is 0 Å². The summed E-state index contributed by atoms with van der Waals surface area (Å²) in [6, 6.07) is 9.54. The Kier molecular flexibility index (Phi) is 6.70. The van der Waals surface area contributed by atoms with Crippen LogP contribution in [-0.2, 0) is 7.05 Å². The highest BCUT2D eigenvalue weighted by atomic mass is 19.1. The van der Waals surface area contributed by atoms with Gasteiger partial charge in [0.05, 0.1) is 16.9 Å². The van der Waals surface area contributed by atoms with Crippen molar-refractivity contribution in [1.29, 1.82) is 0 Å². The topological polar surface area (TPSA) is 97.1 Å². The first-order valence-corrected chi connectivity index (χ1v) is 12.5. The summed E-state index contributed by atoms with van der Waals surface area (Å²) in [6.45, 7) is 5.67. The molecule has 0 spiro atoms. The highest BCUT2D eigenvalue weighted by molar-refractivity contribution is 6.08. The summed E-state index contributed by atoms with van der Waals surface area (Å²) in [4.78, 5) is 32.9. The highest BCUT2D eigenvalue weighted by Crippen LogP contribution is 2.37. The summed E-state index contributed by atoms with van der Waals surface area (Å²) < 4.78 is 31.3. The molecule has 38 heavy (non-hydrogen) atoms. The normalized spacial score (nSPS) is 15.6. The second-order valence-corrected chi connectivity index (χ2v) is 9.73. The Morgan fingerprint density at radius 3 is 2.47 bits per heavy atom. The van der Waals surface area contributed by atoms with E-state index in [0.717, 1.165) is 60.3 Å². The number of halogens is 2. The van der Waals surface area contributed by atoms with Gasteiger partial charge >= 0.3 is 0 Å². The van der Waals surface area contributed by atoms with E-state index in [1.165, 1.54) is 12.1 Å². The molecule has 1 saturated heterocycles. The number of rotatable bonds is 6. The van der Waals surface area contributed by atoms with Crippen molar-refractivity contribution in [2.45, 2.75) is 32.2 Å². The lowest BCUT2D eigenvalue weighted by atomic mass is 10.2. The Hall–Kier alpha value is -4.12. The summed E-state index contributed by atoms with van der Waals surface area (Å²) in [6.07, 6.45) is 0.935. The van der Waals surface area contributed by atoms with E-state index in [2.05, 4.69) is 39.0 Å². The van der Waals surface area contributed by atoms with E-state index in [1.54, 1.807) is 0 Å². The molecule has 4 aromatic rings. The molecule has 2 aromatic carbocycles. The lowest BCUT2D eigenvalue weighted by Gasteiger charge is -2.23. The third-order valence-electron chi connectivity index (χ3n) is 6.92. The van der Waals surface area contributed by atoms with Crippen LogP contribution in [0.3, 0.4) is 0 Å². The second-order valence-electron chi connectivity index (χ2n) is 9.73. The Morgan fingerprint density at radius 1 is 1.08 bits per heavy atom. The van der Waals surface area contributed by atoms with E-state index < -0.39 is 28.8 Å². The quantitative estimate of drug-likeness (QED) is 0.403. The number of hydrogen-bond donors (Lipinski definition) is 2. The van der Waals surface area contributed by atoms with Crippen LogP contribution >= 0.6 is 0 Å². The number of likely N-dealkylation sites (N-methyl/N-ethyl adjacent to an activating group) is 1. The summed E-state index contributed by atoms with van der Waals surface area (Å²) in [5, 5.41) is 10.2. The summed E-state index contributed by atoms with van der Waals surface area (Å²) in [5.74, 6) is -1.43. The number of aryl methyl sites for hydroxylation is 1. The molecule has 3 heterocycles. The summed E-state index contributed by atoms with van der Waals surface area (Å²) in [5.41, 5.74) is 1.47. The van der Waals surface area contributed by atoms with Crippen molar-refractivity contribution >= 4 is 28.3 Å². The molecule has 0 radical (unpaired) electrons. The summed E-state index contributed by atoms with van der Waals surface area (Å²) in [7, 11) is 3.90. The average Bonchev–Trinajstić information content (AvgIpc) is 3.49. The van der Waals surface area contributed by atoms with Crippen molar-refractivity contribution in [2.24, 2.45) is 7.05 Å². The molecule has 1 fully saturated rings. The SMILES string of the molecule is CN[C@@H]1CCN(c2c(NC(=O)c3ccc(=O)n(-c4c(F)cccc4F)n3)ccc3c2nc(C(C)C)n3C)C1. The van der Waals surface area contributed by atoms with Gasteiger partial charge in [-0.1, -0.05) is 19.9 Å². The van der Waals surface area contributed by atoms with Crippen LogP contribution in [0.1, 0.15) is 42.5 Å².